The fourth-order valence-corrected chi connectivity index (χ4v) is 4.30. The van der Waals surface area contributed by atoms with E-state index in [1.165, 1.54) is 39.6 Å². The van der Waals surface area contributed by atoms with E-state index < -0.39 is 5.97 Å². The van der Waals surface area contributed by atoms with E-state index in [-0.39, 0.29) is 29.8 Å². The van der Waals surface area contributed by atoms with Gasteiger partial charge in [0.05, 0.1) is 18.1 Å². The number of aromatic carboxylic acids is 1. The number of carboxylic acid groups (broad SMARTS) is 1. The third-order valence-corrected chi connectivity index (χ3v) is 5.90. The predicted octanol–water partition coefficient (Wildman–Crippen LogP) is -2.33. The Balaban J connectivity index is 1.38. The molecule has 0 aromatic heterocycles. The highest BCUT2D eigenvalue weighted by Crippen LogP contribution is 2.22. The van der Waals surface area contributed by atoms with Crippen LogP contribution < -0.4 is 19.8 Å². The molecule has 0 spiro atoms. The lowest BCUT2D eigenvalue weighted by atomic mass is 10.1. The van der Waals surface area contributed by atoms with Gasteiger partial charge in [0, 0.05) is 5.56 Å². The molecule has 29 heavy (non-hydrogen) atoms. The summed E-state index contributed by atoms with van der Waals surface area (Å²) in [7, 11) is 0. The molecule has 7 heteroatoms. The minimum atomic E-state index is -1.28. The Morgan fingerprint density at radius 1 is 0.966 bits per heavy atom. The number of imide groups is 1. The number of carboxylic acids is 1. The van der Waals surface area contributed by atoms with Crippen LogP contribution in [0.5, 0.6) is 0 Å². The molecular weight excluding hydrogens is 370 g/mol. The number of carbonyl (C=O) groups is 3. The quantitative estimate of drug-likeness (QED) is 0.557. The summed E-state index contributed by atoms with van der Waals surface area (Å²) in [6.07, 6.45) is 0.199. The van der Waals surface area contributed by atoms with E-state index >= 15 is 0 Å². The summed E-state index contributed by atoms with van der Waals surface area (Å²) in [5.74, 6) is -1.71. The molecule has 2 saturated heterocycles. The summed E-state index contributed by atoms with van der Waals surface area (Å²) in [6, 6.07) is 15.7. The first-order valence-electron chi connectivity index (χ1n) is 9.93. The molecule has 4 rings (SSSR count). The Hall–Kier alpha value is -3.03. The second-order valence-corrected chi connectivity index (χ2v) is 7.73. The molecule has 2 amide bonds. The molecule has 1 atom stereocenters. The van der Waals surface area contributed by atoms with Gasteiger partial charge in [0.1, 0.15) is 32.7 Å². The van der Waals surface area contributed by atoms with Gasteiger partial charge < -0.3 is 19.7 Å². The van der Waals surface area contributed by atoms with Crippen LogP contribution in [0.4, 0.5) is 5.69 Å². The Kier molecular flexibility index (Phi) is 5.42. The van der Waals surface area contributed by atoms with Gasteiger partial charge in [-0.1, -0.05) is 42.5 Å². The maximum absolute atomic E-state index is 13.0. The summed E-state index contributed by atoms with van der Waals surface area (Å²) >= 11 is 0. The zero-order valence-corrected chi connectivity index (χ0v) is 16.1. The zero-order chi connectivity index (χ0) is 20.4. The lowest BCUT2D eigenvalue weighted by Crippen LogP contribution is -3.29. The van der Waals surface area contributed by atoms with Crippen LogP contribution in [0.2, 0.25) is 0 Å². The van der Waals surface area contributed by atoms with E-state index in [1.54, 1.807) is 0 Å². The van der Waals surface area contributed by atoms with Gasteiger partial charge in [0.15, 0.2) is 6.04 Å². The van der Waals surface area contributed by atoms with Crippen LogP contribution in [0.1, 0.15) is 22.3 Å². The number of quaternary nitrogens is 2. The van der Waals surface area contributed by atoms with Gasteiger partial charge in [-0.2, -0.15) is 0 Å². The summed E-state index contributed by atoms with van der Waals surface area (Å²) in [5.41, 5.74) is 1.75. The first-order valence-corrected chi connectivity index (χ1v) is 9.93. The molecule has 0 bridgehead atoms. The number of nitrogens with one attached hydrogen (secondary N) is 2. The van der Waals surface area contributed by atoms with Crippen molar-refractivity contribution >= 4 is 23.5 Å². The molecule has 0 saturated carbocycles. The standard InChI is InChI=1S/C22H23N3O4/c26-20-14-19(21(27)25(20)18-8-6-17(7-9-18)22(28)29)24-12-10-23(11-13-24)15-16-4-2-1-3-5-16/h1-9,19H,10-15H2,(H,28,29)/p+1. The molecule has 2 aliphatic rings. The van der Waals surface area contributed by atoms with E-state index in [4.69, 9.17) is 0 Å². The maximum Gasteiger partial charge on any atom is 0.292 e. The van der Waals surface area contributed by atoms with Crippen LogP contribution in [0, 0.1) is 0 Å². The van der Waals surface area contributed by atoms with Crippen molar-refractivity contribution in [3.63, 3.8) is 0 Å². The van der Waals surface area contributed by atoms with Crippen LogP contribution in [-0.4, -0.2) is 50.0 Å². The number of amides is 2. The number of piperazine rings is 1. The van der Waals surface area contributed by atoms with Gasteiger partial charge >= 0.3 is 0 Å². The molecule has 0 radical (unpaired) electrons. The molecule has 2 aromatic rings. The van der Waals surface area contributed by atoms with E-state index in [0.29, 0.717) is 5.69 Å². The Morgan fingerprint density at radius 2 is 1.62 bits per heavy atom. The van der Waals surface area contributed by atoms with E-state index in [0.717, 1.165) is 37.6 Å². The van der Waals surface area contributed by atoms with Gasteiger partial charge in [-0.05, 0) is 17.7 Å². The molecule has 0 aliphatic carbocycles. The van der Waals surface area contributed by atoms with Crippen molar-refractivity contribution in [2.75, 3.05) is 31.1 Å². The van der Waals surface area contributed by atoms with Gasteiger partial charge in [-0.3, -0.25) is 9.59 Å². The normalized spacial score (nSPS) is 24.7. The lowest BCUT2D eigenvalue weighted by molar-refractivity contribution is -1.02. The topological polar surface area (TPSA) is 86.4 Å². The number of hydrogen-bond donors (Lipinski definition) is 2. The lowest BCUT2D eigenvalue weighted by Gasteiger charge is -2.32. The van der Waals surface area contributed by atoms with Crippen LogP contribution in [0.25, 0.3) is 0 Å². The first-order chi connectivity index (χ1) is 14.0. The number of rotatable bonds is 5. The molecule has 2 N–H and O–H groups in total. The van der Waals surface area contributed by atoms with Crippen LogP contribution in [0.15, 0.2) is 54.6 Å². The van der Waals surface area contributed by atoms with Gasteiger partial charge in [0.25, 0.3) is 5.91 Å². The number of carbonyl (C=O) groups excluding carboxylic acids is 3. The summed E-state index contributed by atoms with van der Waals surface area (Å²) in [6.45, 7) is 4.60. The van der Waals surface area contributed by atoms with Crippen LogP contribution in [0.3, 0.4) is 0 Å². The zero-order valence-electron chi connectivity index (χ0n) is 16.1. The van der Waals surface area contributed by atoms with Crippen molar-refractivity contribution in [2.24, 2.45) is 0 Å². The Morgan fingerprint density at radius 3 is 2.24 bits per heavy atom. The first kappa shape index (κ1) is 19.3. The number of hydrogen-bond acceptors (Lipinski definition) is 4. The Bertz CT molecular complexity index is 905. The molecule has 2 heterocycles. The SMILES string of the molecule is O=C([O-])c1ccc(N2C(=O)CC([NH+]3CC[NH+](Cc4ccccc4)CC3)C2=O)cc1. The third-order valence-electron chi connectivity index (χ3n) is 5.90. The number of nitrogens with zero attached hydrogens (tertiary/aromatic N) is 1. The largest absolute Gasteiger partial charge is 0.545 e. The predicted molar refractivity (Wildman–Crippen MR) is 103 cm³/mol. The van der Waals surface area contributed by atoms with Crippen molar-refractivity contribution in [1.29, 1.82) is 0 Å². The molecule has 150 valence electrons. The minimum absolute atomic E-state index is 0.0209. The van der Waals surface area contributed by atoms with Gasteiger partial charge in [0.2, 0.25) is 5.91 Å². The second kappa shape index (κ2) is 8.14. The van der Waals surface area contributed by atoms with Crippen molar-refractivity contribution in [3.8, 4) is 0 Å². The smallest absolute Gasteiger partial charge is 0.292 e. The van der Waals surface area contributed by atoms with E-state index in [1.807, 2.05) is 18.2 Å². The number of benzene rings is 2. The molecule has 1 unspecified atom stereocenters. The third kappa shape index (κ3) is 4.06. The van der Waals surface area contributed by atoms with Gasteiger partial charge in [-0.25, -0.2) is 4.90 Å². The van der Waals surface area contributed by atoms with E-state index in [2.05, 4.69) is 12.1 Å². The second-order valence-electron chi connectivity index (χ2n) is 7.73. The van der Waals surface area contributed by atoms with Crippen molar-refractivity contribution in [2.45, 2.75) is 19.0 Å². The highest BCUT2D eigenvalue weighted by atomic mass is 16.4. The summed E-state index contributed by atoms with van der Waals surface area (Å²) in [5, 5.41) is 10.9. The number of anilines is 1. The molecule has 2 aromatic carbocycles. The maximum atomic E-state index is 13.0. The van der Waals surface area contributed by atoms with Crippen molar-refractivity contribution in [1.82, 2.24) is 0 Å². The van der Waals surface area contributed by atoms with Crippen molar-refractivity contribution in [3.05, 3.63) is 65.7 Å². The monoisotopic (exact) mass is 394 g/mol. The summed E-state index contributed by atoms with van der Waals surface area (Å²) in [4.78, 5) is 40.2. The fraction of sp³-hybridized carbons (Fsp3) is 0.318. The average molecular weight is 394 g/mol. The minimum Gasteiger partial charge on any atom is -0.545 e. The summed E-state index contributed by atoms with van der Waals surface area (Å²) < 4.78 is 0. The Labute approximate surface area is 169 Å². The average Bonchev–Trinajstić information content (AvgIpc) is 3.03. The van der Waals surface area contributed by atoms with Crippen molar-refractivity contribution < 1.29 is 29.3 Å². The molecule has 2 fully saturated rings. The van der Waals surface area contributed by atoms with Gasteiger partial charge in [-0.15, -0.1) is 0 Å². The fourth-order valence-electron chi connectivity index (χ4n) is 4.30. The van der Waals surface area contributed by atoms with Crippen LogP contribution >= 0.6 is 0 Å². The highest BCUT2D eigenvalue weighted by molar-refractivity contribution is 6.21. The highest BCUT2D eigenvalue weighted by Gasteiger charge is 2.46. The van der Waals surface area contributed by atoms with E-state index in [9.17, 15) is 19.5 Å². The van der Waals surface area contributed by atoms with Crippen LogP contribution in [-0.2, 0) is 16.1 Å². The molecular formula is C22H24N3O4+. The molecule has 2 aliphatic heterocycles. The molecule has 7 nitrogen and oxygen atoms in total.